The zero-order valence-electron chi connectivity index (χ0n) is 14.0. The Kier molecular flexibility index (Phi) is 5.71. The summed E-state index contributed by atoms with van der Waals surface area (Å²) >= 11 is 3.56. The van der Waals surface area contributed by atoms with Gasteiger partial charge in [-0.05, 0) is 41.3 Å². The smallest absolute Gasteiger partial charge is 0.0433 e. The predicted octanol–water partition coefficient (Wildman–Crippen LogP) is 6.10. The van der Waals surface area contributed by atoms with Crippen LogP contribution < -0.4 is 4.90 Å². The first-order chi connectivity index (χ1) is 11.8. The van der Waals surface area contributed by atoms with Crippen molar-refractivity contribution in [3.63, 3.8) is 0 Å². The number of benzene rings is 3. The third kappa shape index (κ3) is 4.27. The van der Waals surface area contributed by atoms with Gasteiger partial charge in [0.15, 0.2) is 0 Å². The molecule has 0 atom stereocenters. The van der Waals surface area contributed by atoms with Crippen molar-refractivity contribution in [1.29, 1.82) is 0 Å². The standard InChI is InChI=1S/C22H22BrN/c1-18-14-22(13-12-21(18)15-23)24(16-19-8-4-2-5-9-19)17-20-10-6-3-7-11-20/h2-14H,15-17H2,1H3. The lowest BCUT2D eigenvalue weighted by atomic mass is 10.1. The first kappa shape index (κ1) is 16.8. The summed E-state index contributed by atoms with van der Waals surface area (Å²) in [5, 5.41) is 0.899. The van der Waals surface area contributed by atoms with E-state index in [1.807, 2.05) is 0 Å². The molecule has 0 aliphatic carbocycles. The first-order valence-corrected chi connectivity index (χ1v) is 9.36. The van der Waals surface area contributed by atoms with Crippen molar-refractivity contribution in [3.8, 4) is 0 Å². The molecule has 3 aromatic carbocycles. The fourth-order valence-electron chi connectivity index (χ4n) is 2.87. The Morgan fingerprint density at radius 2 is 1.29 bits per heavy atom. The maximum absolute atomic E-state index is 3.56. The second kappa shape index (κ2) is 8.16. The molecule has 0 amide bonds. The van der Waals surface area contributed by atoms with Gasteiger partial charge >= 0.3 is 0 Å². The maximum atomic E-state index is 3.56. The highest BCUT2D eigenvalue weighted by molar-refractivity contribution is 9.08. The molecular weight excluding hydrogens is 358 g/mol. The third-order valence-corrected chi connectivity index (χ3v) is 4.87. The van der Waals surface area contributed by atoms with Crippen LogP contribution in [0.15, 0.2) is 78.9 Å². The Labute approximate surface area is 153 Å². The Balaban J connectivity index is 1.90. The number of hydrogen-bond acceptors (Lipinski definition) is 1. The van der Waals surface area contributed by atoms with Gasteiger partial charge in [-0.2, -0.15) is 0 Å². The molecule has 0 bridgehead atoms. The number of nitrogens with zero attached hydrogens (tertiary/aromatic N) is 1. The molecule has 0 aromatic heterocycles. The van der Waals surface area contributed by atoms with E-state index in [1.165, 1.54) is 27.9 Å². The minimum Gasteiger partial charge on any atom is -0.363 e. The molecule has 0 aliphatic rings. The van der Waals surface area contributed by atoms with Crippen molar-refractivity contribution in [2.24, 2.45) is 0 Å². The van der Waals surface area contributed by atoms with Gasteiger partial charge in [-0.3, -0.25) is 0 Å². The van der Waals surface area contributed by atoms with Gasteiger partial charge < -0.3 is 4.90 Å². The van der Waals surface area contributed by atoms with Crippen LogP contribution >= 0.6 is 15.9 Å². The lowest BCUT2D eigenvalue weighted by Gasteiger charge is -2.26. The molecular formula is C22H22BrN. The lowest BCUT2D eigenvalue weighted by molar-refractivity contribution is 0.799. The summed E-state index contributed by atoms with van der Waals surface area (Å²) in [5.74, 6) is 0. The van der Waals surface area contributed by atoms with Crippen molar-refractivity contribution in [1.82, 2.24) is 0 Å². The van der Waals surface area contributed by atoms with Gasteiger partial charge in [0.05, 0.1) is 0 Å². The van der Waals surface area contributed by atoms with Crippen LogP contribution in [0.2, 0.25) is 0 Å². The Morgan fingerprint density at radius 1 is 0.750 bits per heavy atom. The topological polar surface area (TPSA) is 3.24 Å². The molecule has 3 rings (SSSR count). The van der Waals surface area contributed by atoms with Crippen molar-refractivity contribution < 1.29 is 0 Å². The van der Waals surface area contributed by atoms with Crippen LogP contribution in [0.3, 0.4) is 0 Å². The van der Waals surface area contributed by atoms with Gasteiger partial charge in [0.1, 0.15) is 0 Å². The zero-order valence-corrected chi connectivity index (χ0v) is 15.5. The lowest BCUT2D eigenvalue weighted by Crippen LogP contribution is -2.22. The third-order valence-electron chi connectivity index (χ3n) is 4.27. The van der Waals surface area contributed by atoms with E-state index in [1.54, 1.807) is 0 Å². The Bertz CT molecular complexity index is 727. The molecule has 0 N–H and O–H groups in total. The summed E-state index contributed by atoms with van der Waals surface area (Å²) in [6, 6.07) is 28.1. The Hall–Kier alpha value is -2.06. The minimum absolute atomic E-state index is 0.899. The first-order valence-electron chi connectivity index (χ1n) is 8.24. The monoisotopic (exact) mass is 379 g/mol. The second-order valence-electron chi connectivity index (χ2n) is 6.07. The van der Waals surface area contributed by atoms with Crippen LogP contribution in [-0.2, 0) is 18.4 Å². The number of halogens is 1. The summed E-state index contributed by atoms with van der Waals surface area (Å²) in [4.78, 5) is 2.44. The number of aryl methyl sites for hydroxylation is 1. The Morgan fingerprint density at radius 3 is 1.75 bits per heavy atom. The van der Waals surface area contributed by atoms with Crippen molar-refractivity contribution in [3.05, 3.63) is 101 Å². The summed E-state index contributed by atoms with van der Waals surface area (Å²) in [7, 11) is 0. The van der Waals surface area contributed by atoms with Crippen LogP contribution in [0.25, 0.3) is 0 Å². The molecule has 0 radical (unpaired) electrons. The molecule has 0 heterocycles. The highest BCUT2D eigenvalue weighted by Crippen LogP contribution is 2.24. The molecule has 0 aliphatic heterocycles. The van der Waals surface area contributed by atoms with E-state index in [0.717, 1.165) is 18.4 Å². The highest BCUT2D eigenvalue weighted by atomic mass is 79.9. The van der Waals surface area contributed by atoms with Gasteiger partial charge in [0, 0.05) is 24.1 Å². The summed E-state index contributed by atoms with van der Waals surface area (Å²) in [5.41, 5.74) is 6.60. The number of hydrogen-bond donors (Lipinski definition) is 0. The fourth-order valence-corrected chi connectivity index (χ4v) is 3.50. The van der Waals surface area contributed by atoms with Crippen LogP contribution in [0.1, 0.15) is 22.3 Å². The summed E-state index contributed by atoms with van der Waals surface area (Å²) < 4.78 is 0. The van der Waals surface area contributed by atoms with E-state index in [2.05, 4.69) is 107 Å². The molecule has 0 unspecified atom stereocenters. The minimum atomic E-state index is 0.899. The maximum Gasteiger partial charge on any atom is 0.0433 e. The normalized spacial score (nSPS) is 10.6. The highest BCUT2D eigenvalue weighted by Gasteiger charge is 2.10. The van der Waals surface area contributed by atoms with Crippen LogP contribution in [-0.4, -0.2) is 0 Å². The van der Waals surface area contributed by atoms with Gasteiger partial charge in [0.2, 0.25) is 0 Å². The predicted molar refractivity (Wildman–Crippen MR) is 107 cm³/mol. The van der Waals surface area contributed by atoms with Crippen LogP contribution in [0.4, 0.5) is 5.69 Å². The molecule has 0 saturated carbocycles. The quantitative estimate of drug-likeness (QED) is 0.467. The van der Waals surface area contributed by atoms with Crippen molar-refractivity contribution in [2.45, 2.75) is 25.3 Å². The van der Waals surface area contributed by atoms with E-state index in [-0.39, 0.29) is 0 Å². The molecule has 0 spiro atoms. The average molecular weight is 380 g/mol. The van der Waals surface area contributed by atoms with E-state index in [9.17, 15) is 0 Å². The van der Waals surface area contributed by atoms with E-state index in [0.29, 0.717) is 0 Å². The van der Waals surface area contributed by atoms with E-state index in [4.69, 9.17) is 0 Å². The molecule has 1 nitrogen and oxygen atoms in total. The van der Waals surface area contributed by atoms with Gasteiger partial charge in [-0.15, -0.1) is 0 Å². The number of anilines is 1. The second-order valence-corrected chi connectivity index (χ2v) is 6.63. The molecule has 0 fully saturated rings. The largest absolute Gasteiger partial charge is 0.363 e. The summed E-state index contributed by atoms with van der Waals surface area (Å²) in [6.07, 6.45) is 0. The van der Waals surface area contributed by atoms with E-state index < -0.39 is 0 Å². The van der Waals surface area contributed by atoms with Crippen molar-refractivity contribution >= 4 is 21.6 Å². The summed E-state index contributed by atoms with van der Waals surface area (Å²) in [6.45, 7) is 4.00. The number of rotatable bonds is 6. The fraction of sp³-hybridized carbons (Fsp3) is 0.182. The van der Waals surface area contributed by atoms with Gasteiger partial charge in [-0.25, -0.2) is 0 Å². The molecule has 24 heavy (non-hydrogen) atoms. The molecule has 0 saturated heterocycles. The van der Waals surface area contributed by atoms with Gasteiger partial charge in [0.25, 0.3) is 0 Å². The molecule has 2 heteroatoms. The molecule has 122 valence electrons. The van der Waals surface area contributed by atoms with Crippen LogP contribution in [0.5, 0.6) is 0 Å². The average Bonchev–Trinajstić information content (AvgIpc) is 2.63. The SMILES string of the molecule is Cc1cc(N(Cc2ccccc2)Cc2ccccc2)ccc1CBr. The molecule has 3 aromatic rings. The van der Waals surface area contributed by atoms with Crippen molar-refractivity contribution in [2.75, 3.05) is 4.90 Å². The number of alkyl halides is 1. The van der Waals surface area contributed by atoms with Gasteiger partial charge in [-0.1, -0.05) is 82.7 Å². The van der Waals surface area contributed by atoms with Crippen LogP contribution in [0, 0.1) is 6.92 Å². The van der Waals surface area contributed by atoms with E-state index >= 15 is 0 Å². The zero-order chi connectivity index (χ0) is 16.8.